The fourth-order valence-electron chi connectivity index (χ4n) is 4.71. The second kappa shape index (κ2) is 9.57. The van der Waals surface area contributed by atoms with Gasteiger partial charge in [0.1, 0.15) is 0 Å². The van der Waals surface area contributed by atoms with Gasteiger partial charge in [-0.2, -0.15) is 5.10 Å². The van der Waals surface area contributed by atoms with Crippen molar-refractivity contribution in [2.24, 2.45) is 5.41 Å². The second-order valence-corrected chi connectivity index (χ2v) is 9.22. The zero-order valence-electron chi connectivity index (χ0n) is 19.5. The fraction of sp³-hybridized carbons (Fsp3) is 0.385. The number of aromatic amines is 1. The van der Waals surface area contributed by atoms with Crippen molar-refractivity contribution in [1.82, 2.24) is 25.4 Å². The number of aryl methyl sites for hydroxylation is 1. The molecule has 0 saturated carbocycles. The van der Waals surface area contributed by atoms with E-state index < -0.39 is 5.41 Å². The van der Waals surface area contributed by atoms with E-state index in [1.165, 1.54) is 0 Å². The van der Waals surface area contributed by atoms with E-state index in [4.69, 9.17) is 0 Å². The Morgan fingerprint density at radius 2 is 2.00 bits per heavy atom. The molecule has 3 heterocycles. The maximum absolute atomic E-state index is 13.6. The number of carbonyl (C=O) groups excluding carboxylic acids is 2. The lowest BCUT2D eigenvalue weighted by atomic mass is 9.73. The molecule has 4 rings (SSSR count). The van der Waals surface area contributed by atoms with E-state index in [0.717, 1.165) is 35.2 Å². The molecule has 0 radical (unpaired) electrons. The number of rotatable bonds is 6. The predicted octanol–water partition coefficient (Wildman–Crippen LogP) is 3.77. The highest BCUT2D eigenvalue weighted by Gasteiger charge is 2.44. The first-order chi connectivity index (χ1) is 15.9. The smallest absolute Gasteiger partial charge is 0.257 e. The quantitative estimate of drug-likeness (QED) is 0.604. The third-order valence-electron chi connectivity index (χ3n) is 6.34. The Morgan fingerprint density at radius 3 is 2.70 bits per heavy atom. The average Bonchev–Trinajstić information content (AvgIpc) is 3.25. The van der Waals surface area contributed by atoms with Gasteiger partial charge in [-0.25, -0.2) is 0 Å². The van der Waals surface area contributed by atoms with Gasteiger partial charge in [-0.3, -0.25) is 19.7 Å². The number of amides is 2. The molecule has 1 aliphatic rings. The number of H-pyrrole nitrogens is 1. The topological polar surface area (TPSA) is 91.0 Å². The normalized spacial score (nSPS) is 18.4. The summed E-state index contributed by atoms with van der Waals surface area (Å²) in [6.07, 6.45) is 7.21. The highest BCUT2D eigenvalue weighted by Crippen LogP contribution is 2.37. The lowest BCUT2D eigenvalue weighted by Crippen LogP contribution is -2.55. The number of carbonyl (C=O) groups is 2. The third-order valence-corrected chi connectivity index (χ3v) is 6.34. The van der Waals surface area contributed by atoms with Crippen LogP contribution in [0.5, 0.6) is 0 Å². The zero-order valence-corrected chi connectivity index (χ0v) is 19.5. The fourth-order valence-corrected chi connectivity index (χ4v) is 4.71. The van der Waals surface area contributed by atoms with Gasteiger partial charge in [-0.15, -0.1) is 0 Å². The number of nitrogens with one attached hydrogen (secondary N) is 2. The highest BCUT2D eigenvalue weighted by molar-refractivity contribution is 5.96. The maximum atomic E-state index is 13.6. The van der Waals surface area contributed by atoms with Crippen LogP contribution in [-0.2, 0) is 11.2 Å². The van der Waals surface area contributed by atoms with Gasteiger partial charge in [-0.05, 0) is 57.2 Å². The first-order valence-corrected chi connectivity index (χ1v) is 11.5. The molecule has 1 fully saturated rings. The Balaban J connectivity index is 1.70. The van der Waals surface area contributed by atoms with Crippen molar-refractivity contribution >= 4 is 11.8 Å². The van der Waals surface area contributed by atoms with Crippen molar-refractivity contribution in [3.63, 3.8) is 0 Å². The van der Waals surface area contributed by atoms with Crippen molar-refractivity contribution in [2.45, 2.75) is 46.1 Å². The number of likely N-dealkylation sites (tertiary alicyclic amines) is 1. The van der Waals surface area contributed by atoms with Gasteiger partial charge < -0.3 is 10.2 Å². The molecular weight excluding hydrogens is 414 g/mol. The molecule has 3 aromatic rings. The van der Waals surface area contributed by atoms with E-state index in [1.807, 2.05) is 56.1 Å². The largest absolute Gasteiger partial charge is 0.353 e. The van der Waals surface area contributed by atoms with Gasteiger partial charge in [0.05, 0.1) is 17.2 Å². The molecular formula is C26H31N5O2. The summed E-state index contributed by atoms with van der Waals surface area (Å²) in [6.45, 7) is 6.78. The molecule has 7 nitrogen and oxygen atoms in total. The minimum Gasteiger partial charge on any atom is -0.353 e. The summed E-state index contributed by atoms with van der Waals surface area (Å²) >= 11 is 0. The molecule has 172 valence electrons. The molecule has 33 heavy (non-hydrogen) atoms. The number of hydrogen-bond donors (Lipinski definition) is 2. The molecule has 7 heteroatoms. The predicted molar refractivity (Wildman–Crippen MR) is 128 cm³/mol. The molecule has 1 atom stereocenters. The van der Waals surface area contributed by atoms with Crippen molar-refractivity contribution in [1.29, 1.82) is 0 Å². The van der Waals surface area contributed by atoms with Crippen LogP contribution in [0.3, 0.4) is 0 Å². The highest BCUT2D eigenvalue weighted by atomic mass is 16.2. The Labute approximate surface area is 194 Å². The minimum absolute atomic E-state index is 0.0000877. The van der Waals surface area contributed by atoms with Crippen LogP contribution in [0, 0.1) is 12.3 Å². The second-order valence-electron chi connectivity index (χ2n) is 9.22. The molecule has 1 saturated heterocycles. The van der Waals surface area contributed by atoms with Crippen molar-refractivity contribution < 1.29 is 9.59 Å². The monoisotopic (exact) mass is 445 g/mol. The van der Waals surface area contributed by atoms with Crippen LogP contribution in [0.25, 0.3) is 11.1 Å². The van der Waals surface area contributed by atoms with Gasteiger partial charge in [0.15, 0.2) is 0 Å². The van der Waals surface area contributed by atoms with E-state index in [2.05, 4.69) is 32.6 Å². The van der Waals surface area contributed by atoms with Gasteiger partial charge in [0, 0.05) is 42.8 Å². The van der Waals surface area contributed by atoms with Crippen LogP contribution in [0.2, 0.25) is 0 Å². The van der Waals surface area contributed by atoms with Crippen LogP contribution in [0.4, 0.5) is 0 Å². The number of benzene rings is 1. The lowest BCUT2D eigenvalue weighted by Gasteiger charge is -2.42. The van der Waals surface area contributed by atoms with Crippen LogP contribution in [0.15, 0.2) is 55.0 Å². The van der Waals surface area contributed by atoms with Gasteiger partial charge in [0.25, 0.3) is 5.91 Å². The maximum Gasteiger partial charge on any atom is 0.257 e. The van der Waals surface area contributed by atoms with E-state index in [-0.39, 0.29) is 17.9 Å². The van der Waals surface area contributed by atoms with Gasteiger partial charge in [-0.1, -0.05) is 30.3 Å². The third kappa shape index (κ3) is 4.82. The van der Waals surface area contributed by atoms with Crippen molar-refractivity contribution in [3.8, 4) is 11.1 Å². The van der Waals surface area contributed by atoms with Crippen LogP contribution in [-0.4, -0.2) is 51.0 Å². The number of nitrogens with zero attached hydrogens (tertiary/aromatic N) is 3. The molecule has 2 amide bonds. The SMILES string of the molecule is Cc1[nH]ncc1C(=O)N1CCC[C@](Cc2ccccc2-c2cccnc2)(C(=O)NC(C)C)C1. The van der Waals surface area contributed by atoms with E-state index in [9.17, 15) is 9.59 Å². The summed E-state index contributed by atoms with van der Waals surface area (Å²) in [7, 11) is 0. The van der Waals surface area contributed by atoms with Gasteiger partial charge in [0.2, 0.25) is 5.91 Å². The van der Waals surface area contributed by atoms with Gasteiger partial charge >= 0.3 is 0 Å². The summed E-state index contributed by atoms with van der Waals surface area (Å²) in [5, 5.41) is 9.98. The Morgan fingerprint density at radius 1 is 1.18 bits per heavy atom. The van der Waals surface area contributed by atoms with Crippen LogP contribution >= 0.6 is 0 Å². The zero-order chi connectivity index (χ0) is 23.4. The number of pyridine rings is 1. The molecule has 1 aliphatic heterocycles. The number of aromatic nitrogens is 3. The van der Waals surface area contributed by atoms with Crippen molar-refractivity contribution in [3.05, 3.63) is 71.8 Å². The van der Waals surface area contributed by atoms with E-state index in [1.54, 1.807) is 12.4 Å². The first-order valence-electron chi connectivity index (χ1n) is 11.5. The molecule has 1 aromatic carbocycles. The average molecular weight is 446 g/mol. The molecule has 0 unspecified atom stereocenters. The summed E-state index contributed by atoms with van der Waals surface area (Å²) in [5.41, 5.74) is 3.75. The lowest BCUT2D eigenvalue weighted by molar-refractivity contribution is -0.134. The van der Waals surface area contributed by atoms with Crippen molar-refractivity contribution in [2.75, 3.05) is 13.1 Å². The van der Waals surface area contributed by atoms with E-state index in [0.29, 0.717) is 25.1 Å². The summed E-state index contributed by atoms with van der Waals surface area (Å²) in [6, 6.07) is 12.1. The first kappa shape index (κ1) is 22.7. The minimum atomic E-state index is -0.714. The molecule has 2 aromatic heterocycles. The Bertz CT molecular complexity index is 1120. The standard InChI is InChI=1S/C26H31N5O2/c1-18(2)29-25(33)26(11-7-13-31(17-26)24(32)23-16-28-30-19(23)3)14-20-8-4-5-10-22(20)21-9-6-12-27-15-21/h4-6,8-10,12,15-16,18H,7,11,13-14,17H2,1-3H3,(H,28,30)(H,29,33)/t26-/m1/s1. The molecule has 2 N–H and O–H groups in total. The van der Waals surface area contributed by atoms with Crippen LogP contribution in [0.1, 0.15) is 48.3 Å². The molecule has 0 spiro atoms. The van der Waals surface area contributed by atoms with E-state index >= 15 is 0 Å². The Hall–Kier alpha value is -3.48. The molecule has 0 bridgehead atoms. The molecule has 0 aliphatic carbocycles. The number of piperidine rings is 1. The number of hydrogen-bond acceptors (Lipinski definition) is 4. The summed E-state index contributed by atoms with van der Waals surface area (Å²) in [4.78, 5) is 33.0. The van der Waals surface area contributed by atoms with Crippen LogP contribution < -0.4 is 5.32 Å². The summed E-state index contributed by atoms with van der Waals surface area (Å²) < 4.78 is 0. The summed E-state index contributed by atoms with van der Waals surface area (Å²) in [5.74, 6) is -0.0804. The Kier molecular flexibility index (Phi) is 6.58.